The Morgan fingerprint density at radius 3 is 2.12 bits per heavy atom. The van der Waals surface area contributed by atoms with E-state index in [1.54, 1.807) is 35.1 Å². The highest BCUT2D eigenvalue weighted by Crippen LogP contribution is 2.34. The molecule has 52 heavy (non-hydrogen) atoms. The molecule has 4 aromatic rings. The fourth-order valence-electron chi connectivity index (χ4n) is 5.54. The SMILES string of the molecule is O=C(CCNC(=O)c1ccc(CO)cc1)N[C@@H](Cc1cnnn1CCCCCCCCc1ccccc1)C(=O)NCc1cnnn1CCP(=O)(O)O. The van der Waals surface area contributed by atoms with E-state index in [4.69, 9.17) is 0 Å². The second-order valence-corrected chi connectivity index (χ2v) is 14.3. The van der Waals surface area contributed by atoms with Crippen molar-refractivity contribution in [2.24, 2.45) is 0 Å². The summed E-state index contributed by atoms with van der Waals surface area (Å²) in [5, 5.41) is 33.3. The molecule has 2 aromatic heterocycles. The Morgan fingerprint density at radius 2 is 1.42 bits per heavy atom. The van der Waals surface area contributed by atoms with Gasteiger partial charge >= 0.3 is 7.60 Å². The molecule has 2 heterocycles. The summed E-state index contributed by atoms with van der Waals surface area (Å²) in [4.78, 5) is 57.5. The molecule has 280 valence electrons. The molecule has 2 aromatic carbocycles. The standard InChI is InChI=1S/C35H48N9O7P/c45-26-28-13-15-29(16-14-28)34(47)36-18-17-33(46)40-32(35(48)37-23-31-25-39-42-44(31)20-21-52(49,50)51)22-30-24-38-41-43(30)19-9-4-2-1-3-6-10-27-11-7-5-8-12-27/h5,7-8,11-16,24-25,32,45H,1-4,6,9-10,17-23,26H2,(H,36,47)(H,37,48)(H,40,46)(H2,49,50,51)/t32-/m0/s1. The second kappa shape index (κ2) is 20.9. The maximum absolute atomic E-state index is 13.5. The molecule has 3 amide bonds. The third-order valence-corrected chi connectivity index (χ3v) is 9.25. The smallest absolute Gasteiger partial charge is 0.327 e. The molecule has 0 saturated carbocycles. The zero-order chi connectivity index (χ0) is 37.2. The van der Waals surface area contributed by atoms with Gasteiger partial charge in [-0.1, -0.05) is 78.6 Å². The number of hydrogen-bond acceptors (Lipinski definition) is 9. The molecular formula is C35H48N9O7P. The van der Waals surface area contributed by atoms with Crippen LogP contribution >= 0.6 is 7.60 Å². The van der Waals surface area contributed by atoms with E-state index >= 15 is 0 Å². The lowest BCUT2D eigenvalue weighted by Gasteiger charge is -2.19. The van der Waals surface area contributed by atoms with Crippen molar-refractivity contribution in [3.05, 3.63) is 95.1 Å². The lowest BCUT2D eigenvalue weighted by Crippen LogP contribution is -2.48. The van der Waals surface area contributed by atoms with Crippen molar-refractivity contribution in [2.75, 3.05) is 12.7 Å². The van der Waals surface area contributed by atoms with Crippen molar-refractivity contribution < 1.29 is 33.8 Å². The molecule has 0 bridgehead atoms. The Morgan fingerprint density at radius 1 is 0.769 bits per heavy atom. The lowest BCUT2D eigenvalue weighted by molar-refractivity contribution is -0.129. The molecular weight excluding hydrogens is 689 g/mol. The second-order valence-electron chi connectivity index (χ2n) is 12.5. The van der Waals surface area contributed by atoms with E-state index in [1.807, 2.05) is 6.07 Å². The van der Waals surface area contributed by atoms with Crippen LogP contribution in [0.2, 0.25) is 0 Å². The first kappa shape index (κ1) is 40.0. The van der Waals surface area contributed by atoms with Crippen LogP contribution in [0.1, 0.15) is 77.8 Å². The Kier molecular flexibility index (Phi) is 16.1. The molecule has 0 aliphatic heterocycles. The lowest BCUT2D eigenvalue weighted by atomic mass is 10.0. The zero-order valence-electron chi connectivity index (χ0n) is 29.1. The first-order valence-corrected chi connectivity index (χ1v) is 19.3. The summed E-state index contributed by atoms with van der Waals surface area (Å²) in [6.45, 7) is 0.355. The Labute approximate surface area is 302 Å². The van der Waals surface area contributed by atoms with E-state index < -0.39 is 31.6 Å². The van der Waals surface area contributed by atoms with Gasteiger partial charge in [-0.2, -0.15) is 0 Å². The number of benzene rings is 2. The Balaban J connectivity index is 1.29. The molecule has 0 aliphatic carbocycles. The monoisotopic (exact) mass is 737 g/mol. The number of rotatable bonds is 23. The van der Waals surface area contributed by atoms with Crippen molar-refractivity contribution >= 4 is 25.3 Å². The van der Waals surface area contributed by atoms with E-state index in [0.29, 0.717) is 29.1 Å². The molecule has 16 nitrogen and oxygen atoms in total. The van der Waals surface area contributed by atoms with Crippen LogP contribution in [0.3, 0.4) is 0 Å². The topological polar surface area (TPSA) is 226 Å². The van der Waals surface area contributed by atoms with E-state index in [0.717, 1.165) is 38.5 Å². The minimum Gasteiger partial charge on any atom is -0.392 e. The van der Waals surface area contributed by atoms with Gasteiger partial charge in [0, 0.05) is 31.5 Å². The number of aryl methyl sites for hydroxylation is 3. The number of aromatic nitrogens is 6. The highest BCUT2D eigenvalue weighted by atomic mass is 31.2. The number of amides is 3. The van der Waals surface area contributed by atoms with Gasteiger partial charge in [-0.3, -0.25) is 18.9 Å². The average Bonchev–Trinajstić information content (AvgIpc) is 3.79. The van der Waals surface area contributed by atoms with Gasteiger partial charge in [0.05, 0.1) is 49.6 Å². The summed E-state index contributed by atoms with van der Waals surface area (Å²) < 4.78 is 14.4. The highest BCUT2D eigenvalue weighted by molar-refractivity contribution is 7.51. The fourth-order valence-corrected chi connectivity index (χ4v) is 5.99. The van der Waals surface area contributed by atoms with Crippen molar-refractivity contribution in [2.45, 2.75) is 90.1 Å². The number of hydrogen-bond donors (Lipinski definition) is 6. The first-order valence-electron chi connectivity index (χ1n) is 17.5. The molecule has 0 spiro atoms. The van der Waals surface area contributed by atoms with Crippen LogP contribution in [-0.2, 0) is 53.2 Å². The molecule has 0 aliphatic rings. The zero-order valence-corrected chi connectivity index (χ0v) is 30.0. The maximum Gasteiger partial charge on any atom is 0.327 e. The molecule has 0 radical (unpaired) electrons. The quantitative estimate of drug-likeness (QED) is 0.0478. The van der Waals surface area contributed by atoms with Gasteiger partial charge in [0.25, 0.3) is 5.91 Å². The normalized spacial score (nSPS) is 12.0. The van der Waals surface area contributed by atoms with Crippen LogP contribution in [0.25, 0.3) is 0 Å². The van der Waals surface area contributed by atoms with Crippen LogP contribution in [0.5, 0.6) is 0 Å². The van der Waals surface area contributed by atoms with Crippen LogP contribution < -0.4 is 16.0 Å². The van der Waals surface area contributed by atoms with Crippen LogP contribution in [0.4, 0.5) is 0 Å². The Hall–Kier alpha value is -4.76. The minimum absolute atomic E-state index is 0.0247. The largest absolute Gasteiger partial charge is 0.392 e. The summed E-state index contributed by atoms with van der Waals surface area (Å²) in [7, 11) is -4.27. The summed E-state index contributed by atoms with van der Waals surface area (Å²) in [6, 6.07) is 15.9. The van der Waals surface area contributed by atoms with Crippen molar-refractivity contribution in [1.29, 1.82) is 0 Å². The third kappa shape index (κ3) is 14.1. The number of aliphatic hydroxyl groups is 1. The van der Waals surface area contributed by atoms with Gasteiger partial charge in [-0.25, -0.2) is 9.36 Å². The third-order valence-electron chi connectivity index (χ3n) is 8.47. The summed E-state index contributed by atoms with van der Waals surface area (Å²) in [5.41, 5.74) is 3.50. The van der Waals surface area contributed by atoms with Gasteiger partial charge in [-0.05, 0) is 42.5 Å². The summed E-state index contributed by atoms with van der Waals surface area (Å²) >= 11 is 0. The molecule has 1 atom stereocenters. The number of carbonyl (C=O) groups is 3. The number of aliphatic hydroxyl groups excluding tert-OH is 1. The molecule has 17 heteroatoms. The number of carbonyl (C=O) groups excluding carboxylic acids is 3. The van der Waals surface area contributed by atoms with Crippen LogP contribution in [-0.4, -0.2) is 81.4 Å². The molecule has 4 rings (SSSR count). The average molecular weight is 738 g/mol. The fraction of sp³-hybridized carbons (Fsp3) is 0.457. The van der Waals surface area contributed by atoms with Gasteiger partial charge < -0.3 is 30.8 Å². The van der Waals surface area contributed by atoms with Gasteiger partial charge in [0.1, 0.15) is 6.04 Å². The summed E-state index contributed by atoms with van der Waals surface area (Å²) in [5.74, 6) is -1.35. The molecule has 0 fully saturated rings. The van der Waals surface area contributed by atoms with Crippen molar-refractivity contribution in [3.8, 4) is 0 Å². The van der Waals surface area contributed by atoms with Crippen molar-refractivity contribution in [1.82, 2.24) is 45.9 Å². The summed E-state index contributed by atoms with van der Waals surface area (Å²) in [6.07, 6.45) is 10.1. The maximum atomic E-state index is 13.5. The van der Waals surface area contributed by atoms with Crippen LogP contribution in [0, 0.1) is 0 Å². The number of unbranched alkanes of at least 4 members (excludes halogenated alkanes) is 5. The van der Waals surface area contributed by atoms with E-state index in [-0.39, 0.29) is 45.0 Å². The van der Waals surface area contributed by atoms with Crippen molar-refractivity contribution in [3.63, 3.8) is 0 Å². The number of nitrogens with zero attached hydrogens (tertiary/aromatic N) is 6. The molecule has 0 saturated heterocycles. The van der Waals surface area contributed by atoms with E-state index in [1.165, 1.54) is 22.9 Å². The molecule has 0 unspecified atom stereocenters. The Bertz CT molecular complexity index is 1740. The highest BCUT2D eigenvalue weighted by Gasteiger charge is 2.24. The van der Waals surface area contributed by atoms with Gasteiger partial charge in [0.15, 0.2) is 0 Å². The van der Waals surface area contributed by atoms with E-state index in [9.17, 15) is 33.8 Å². The predicted molar refractivity (Wildman–Crippen MR) is 192 cm³/mol. The van der Waals surface area contributed by atoms with Crippen LogP contribution in [0.15, 0.2) is 67.0 Å². The predicted octanol–water partition coefficient (Wildman–Crippen LogP) is 2.29. The van der Waals surface area contributed by atoms with E-state index in [2.05, 4.69) is 60.8 Å². The van der Waals surface area contributed by atoms with Gasteiger partial charge in [-0.15, -0.1) is 10.2 Å². The van der Waals surface area contributed by atoms with Gasteiger partial charge in [0.2, 0.25) is 11.8 Å². The first-order chi connectivity index (χ1) is 25.1. The minimum atomic E-state index is -4.27. The number of nitrogens with one attached hydrogen (secondary N) is 3. The molecule has 6 N–H and O–H groups in total.